The minimum Gasteiger partial charge on any atom is -0.330 e. The highest BCUT2D eigenvalue weighted by molar-refractivity contribution is 7.13. The second-order valence-electron chi connectivity index (χ2n) is 4.82. The van der Waals surface area contributed by atoms with Crippen LogP contribution in [0.25, 0.3) is 10.6 Å². The number of thiophene rings is 1. The third-order valence-corrected chi connectivity index (χ3v) is 3.93. The van der Waals surface area contributed by atoms with Crippen LogP contribution in [0.1, 0.15) is 31.3 Å². The van der Waals surface area contributed by atoms with E-state index >= 15 is 0 Å². The summed E-state index contributed by atoms with van der Waals surface area (Å²) in [5.74, 6) is 1.55. The quantitative estimate of drug-likeness (QED) is 0.919. The molecular formula is C14H19N3S. The van der Waals surface area contributed by atoms with E-state index in [4.69, 9.17) is 5.73 Å². The molecule has 0 radical (unpaired) electrons. The van der Waals surface area contributed by atoms with Crippen LogP contribution in [0.15, 0.2) is 23.6 Å². The predicted molar refractivity (Wildman–Crippen MR) is 76.7 cm³/mol. The second-order valence-corrected chi connectivity index (χ2v) is 5.76. The van der Waals surface area contributed by atoms with E-state index in [2.05, 4.69) is 35.3 Å². The molecule has 0 fully saturated rings. The van der Waals surface area contributed by atoms with Crippen molar-refractivity contribution in [2.24, 2.45) is 11.7 Å². The average molecular weight is 261 g/mol. The van der Waals surface area contributed by atoms with Gasteiger partial charge in [-0.25, -0.2) is 9.97 Å². The van der Waals surface area contributed by atoms with Crippen molar-refractivity contribution in [3.8, 4) is 10.6 Å². The molecule has 0 bridgehead atoms. The smallest absolute Gasteiger partial charge is 0.133 e. The van der Waals surface area contributed by atoms with Crippen LogP contribution in [0.2, 0.25) is 0 Å². The average Bonchev–Trinajstić information content (AvgIpc) is 2.82. The molecule has 2 N–H and O–H groups in total. The fraction of sp³-hybridized carbons (Fsp3) is 0.429. The first-order valence-corrected chi connectivity index (χ1v) is 7.09. The SMILES string of the molecule is Cc1cc(-c2cccs2)nc(C(CN)C(C)C)n1. The number of nitrogens with two attached hydrogens (primary N) is 1. The van der Waals surface area contributed by atoms with Crippen molar-refractivity contribution in [1.29, 1.82) is 0 Å². The van der Waals surface area contributed by atoms with E-state index < -0.39 is 0 Å². The van der Waals surface area contributed by atoms with Gasteiger partial charge in [-0.15, -0.1) is 11.3 Å². The number of aryl methyl sites for hydroxylation is 1. The van der Waals surface area contributed by atoms with Gasteiger partial charge in [-0.2, -0.15) is 0 Å². The highest BCUT2D eigenvalue weighted by Gasteiger charge is 2.18. The van der Waals surface area contributed by atoms with Crippen molar-refractivity contribution in [2.45, 2.75) is 26.7 Å². The monoisotopic (exact) mass is 261 g/mol. The lowest BCUT2D eigenvalue weighted by atomic mass is 9.95. The van der Waals surface area contributed by atoms with Crippen LogP contribution < -0.4 is 5.73 Å². The summed E-state index contributed by atoms with van der Waals surface area (Å²) in [6.07, 6.45) is 0. The molecule has 2 heterocycles. The molecule has 3 nitrogen and oxygen atoms in total. The standard InChI is InChI=1S/C14H19N3S/c1-9(2)11(8-15)14-16-10(3)7-12(17-14)13-5-4-6-18-13/h4-7,9,11H,8,15H2,1-3H3. The van der Waals surface area contributed by atoms with Crippen molar-refractivity contribution in [2.75, 3.05) is 6.54 Å². The van der Waals surface area contributed by atoms with Crippen molar-refractivity contribution < 1.29 is 0 Å². The molecule has 0 aliphatic carbocycles. The molecular weight excluding hydrogens is 242 g/mol. The largest absolute Gasteiger partial charge is 0.330 e. The topological polar surface area (TPSA) is 51.8 Å². The summed E-state index contributed by atoms with van der Waals surface area (Å²) in [5.41, 5.74) is 7.86. The first-order valence-electron chi connectivity index (χ1n) is 6.21. The van der Waals surface area contributed by atoms with Crippen molar-refractivity contribution in [3.63, 3.8) is 0 Å². The molecule has 1 atom stereocenters. The van der Waals surface area contributed by atoms with E-state index in [1.807, 2.05) is 19.1 Å². The Hall–Kier alpha value is -1.26. The Morgan fingerprint density at radius 1 is 1.33 bits per heavy atom. The molecule has 0 aromatic carbocycles. The Bertz CT molecular complexity index is 506. The number of nitrogens with zero attached hydrogens (tertiary/aromatic N) is 2. The molecule has 0 aliphatic heterocycles. The normalized spacial score (nSPS) is 12.9. The molecule has 4 heteroatoms. The maximum Gasteiger partial charge on any atom is 0.133 e. The van der Waals surface area contributed by atoms with E-state index in [0.717, 1.165) is 17.2 Å². The van der Waals surface area contributed by atoms with Gasteiger partial charge < -0.3 is 5.73 Å². The molecule has 0 aliphatic rings. The van der Waals surface area contributed by atoms with Gasteiger partial charge in [0.15, 0.2) is 0 Å². The van der Waals surface area contributed by atoms with E-state index in [9.17, 15) is 0 Å². The summed E-state index contributed by atoms with van der Waals surface area (Å²) < 4.78 is 0. The Balaban J connectivity index is 2.44. The molecule has 2 aromatic rings. The van der Waals surface area contributed by atoms with Crippen molar-refractivity contribution >= 4 is 11.3 Å². The maximum atomic E-state index is 5.85. The van der Waals surface area contributed by atoms with Crippen LogP contribution in [0.5, 0.6) is 0 Å². The fourth-order valence-corrected chi connectivity index (χ4v) is 2.67. The number of hydrogen-bond donors (Lipinski definition) is 1. The van der Waals surface area contributed by atoms with E-state index in [1.165, 1.54) is 4.88 Å². The summed E-state index contributed by atoms with van der Waals surface area (Å²) >= 11 is 1.70. The van der Waals surface area contributed by atoms with Gasteiger partial charge in [0.1, 0.15) is 5.82 Å². The summed E-state index contributed by atoms with van der Waals surface area (Å²) in [6, 6.07) is 6.16. The number of rotatable bonds is 4. The van der Waals surface area contributed by atoms with E-state index in [1.54, 1.807) is 11.3 Å². The zero-order valence-corrected chi connectivity index (χ0v) is 11.9. The summed E-state index contributed by atoms with van der Waals surface area (Å²) in [4.78, 5) is 10.4. The van der Waals surface area contributed by atoms with E-state index in [-0.39, 0.29) is 5.92 Å². The van der Waals surface area contributed by atoms with Crippen molar-refractivity contribution in [1.82, 2.24) is 9.97 Å². The fourth-order valence-electron chi connectivity index (χ4n) is 1.98. The molecule has 0 saturated heterocycles. The third kappa shape index (κ3) is 2.76. The zero-order valence-electron chi connectivity index (χ0n) is 11.1. The lowest BCUT2D eigenvalue weighted by molar-refractivity contribution is 0.483. The minimum atomic E-state index is 0.226. The Morgan fingerprint density at radius 3 is 2.67 bits per heavy atom. The van der Waals surface area contributed by atoms with E-state index in [0.29, 0.717) is 12.5 Å². The zero-order chi connectivity index (χ0) is 13.1. The van der Waals surface area contributed by atoms with Gasteiger partial charge in [0.2, 0.25) is 0 Å². The summed E-state index contributed by atoms with van der Waals surface area (Å²) in [6.45, 7) is 6.92. The summed E-state index contributed by atoms with van der Waals surface area (Å²) in [5, 5.41) is 2.06. The highest BCUT2D eigenvalue weighted by Crippen LogP contribution is 2.26. The van der Waals surface area contributed by atoms with Crippen LogP contribution in [0.3, 0.4) is 0 Å². The number of hydrogen-bond acceptors (Lipinski definition) is 4. The van der Waals surface area contributed by atoms with Crippen LogP contribution in [-0.4, -0.2) is 16.5 Å². The molecule has 0 spiro atoms. The molecule has 18 heavy (non-hydrogen) atoms. The highest BCUT2D eigenvalue weighted by atomic mass is 32.1. The Labute approximate surface area is 112 Å². The van der Waals surface area contributed by atoms with Gasteiger partial charge in [0.25, 0.3) is 0 Å². The van der Waals surface area contributed by atoms with Crippen LogP contribution >= 0.6 is 11.3 Å². The van der Waals surface area contributed by atoms with Gasteiger partial charge in [-0.05, 0) is 30.4 Å². The van der Waals surface area contributed by atoms with Crippen LogP contribution in [0.4, 0.5) is 0 Å². The molecule has 2 rings (SSSR count). The molecule has 96 valence electrons. The van der Waals surface area contributed by atoms with Gasteiger partial charge in [0.05, 0.1) is 10.6 Å². The Kier molecular flexibility index (Phi) is 4.09. The minimum absolute atomic E-state index is 0.226. The first-order chi connectivity index (χ1) is 8.61. The molecule has 0 amide bonds. The number of aromatic nitrogens is 2. The van der Waals surface area contributed by atoms with Crippen LogP contribution in [0, 0.1) is 12.8 Å². The lowest BCUT2D eigenvalue weighted by Crippen LogP contribution is -2.20. The van der Waals surface area contributed by atoms with Gasteiger partial charge in [-0.1, -0.05) is 19.9 Å². The van der Waals surface area contributed by atoms with Gasteiger partial charge >= 0.3 is 0 Å². The van der Waals surface area contributed by atoms with Crippen LogP contribution in [-0.2, 0) is 0 Å². The van der Waals surface area contributed by atoms with Crippen molar-refractivity contribution in [3.05, 3.63) is 35.1 Å². The summed E-state index contributed by atoms with van der Waals surface area (Å²) in [7, 11) is 0. The third-order valence-electron chi connectivity index (χ3n) is 3.04. The Morgan fingerprint density at radius 2 is 2.11 bits per heavy atom. The molecule has 0 saturated carbocycles. The van der Waals surface area contributed by atoms with Gasteiger partial charge in [-0.3, -0.25) is 0 Å². The van der Waals surface area contributed by atoms with Gasteiger partial charge in [0, 0.05) is 18.2 Å². The molecule has 1 unspecified atom stereocenters. The second kappa shape index (κ2) is 5.59. The molecule has 2 aromatic heterocycles. The lowest BCUT2D eigenvalue weighted by Gasteiger charge is -2.18. The predicted octanol–water partition coefficient (Wildman–Crippen LogP) is 3.21. The first kappa shape index (κ1) is 13.2. The maximum absolute atomic E-state index is 5.85.